The molecule has 0 aliphatic rings. The van der Waals surface area contributed by atoms with Crippen LogP contribution in [0.3, 0.4) is 0 Å². The van der Waals surface area contributed by atoms with Crippen LogP contribution < -0.4 is 24.3 Å². The van der Waals surface area contributed by atoms with E-state index in [0.29, 0.717) is 43.2 Å². The fraction of sp³-hybridized carbons (Fsp3) is 0.269. The lowest BCUT2D eigenvalue weighted by Crippen LogP contribution is -2.28. The van der Waals surface area contributed by atoms with Crippen LogP contribution in [0.2, 0.25) is 0 Å². The average Bonchev–Trinajstić information content (AvgIpc) is 2.85. The molecule has 6 heteroatoms. The van der Waals surface area contributed by atoms with Crippen LogP contribution in [0.15, 0.2) is 66.7 Å². The van der Waals surface area contributed by atoms with Gasteiger partial charge in [0.1, 0.15) is 12.4 Å². The SMILES string of the molecule is COc1cc(CCC(=O)NCCOc2ccccc2-c2ccccc2)cc(OC)c1OC. The van der Waals surface area contributed by atoms with Crippen LogP contribution in [-0.2, 0) is 11.2 Å². The van der Waals surface area contributed by atoms with Crippen molar-refractivity contribution in [3.05, 3.63) is 72.3 Å². The first kappa shape index (κ1) is 23.0. The van der Waals surface area contributed by atoms with Crippen LogP contribution in [-0.4, -0.2) is 40.4 Å². The molecule has 0 aliphatic carbocycles. The molecule has 3 rings (SSSR count). The van der Waals surface area contributed by atoms with Crippen molar-refractivity contribution in [1.29, 1.82) is 0 Å². The van der Waals surface area contributed by atoms with Gasteiger partial charge in [-0.25, -0.2) is 0 Å². The van der Waals surface area contributed by atoms with E-state index in [4.69, 9.17) is 18.9 Å². The molecule has 0 spiro atoms. The van der Waals surface area contributed by atoms with Crippen molar-refractivity contribution in [2.24, 2.45) is 0 Å². The molecular weight excluding hydrogens is 406 g/mol. The van der Waals surface area contributed by atoms with Gasteiger partial charge in [-0.1, -0.05) is 48.5 Å². The Kier molecular flexibility index (Phi) is 8.37. The highest BCUT2D eigenvalue weighted by atomic mass is 16.5. The Balaban J connectivity index is 1.49. The summed E-state index contributed by atoms with van der Waals surface area (Å²) in [6, 6.07) is 21.7. The van der Waals surface area contributed by atoms with Gasteiger partial charge in [-0.05, 0) is 35.7 Å². The van der Waals surface area contributed by atoms with Crippen LogP contribution in [0.5, 0.6) is 23.0 Å². The molecule has 0 bridgehead atoms. The van der Waals surface area contributed by atoms with Gasteiger partial charge in [0.2, 0.25) is 11.7 Å². The second kappa shape index (κ2) is 11.6. The number of carbonyl (C=O) groups excluding carboxylic acids is 1. The molecule has 3 aromatic carbocycles. The van der Waals surface area contributed by atoms with Gasteiger partial charge in [-0.3, -0.25) is 4.79 Å². The van der Waals surface area contributed by atoms with E-state index < -0.39 is 0 Å². The maximum Gasteiger partial charge on any atom is 0.220 e. The van der Waals surface area contributed by atoms with E-state index in [1.807, 2.05) is 66.7 Å². The maximum atomic E-state index is 12.3. The van der Waals surface area contributed by atoms with Crippen LogP contribution in [0.1, 0.15) is 12.0 Å². The molecule has 0 aromatic heterocycles. The highest BCUT2D eigenvalue weighted by Crippen LogP contribution is 2.38. The minimum absolute atomic E-state index is 0.0429. The van der Waals surface area contributed by atoms with Crippen LogP contribution in [0.4, 0.5) is 0 Å². The zero-order chi connectivity index (χ0) is 22.8. The molecule has 3 aromatic rings. The number of rotatable bonds is 11. The normalized spacial score (nSPS) is 10.3. The highest BCUT2D eigenvalue weighted by Gasteiger charge is 2.14. The molecular formula is C26H29NO5. The number of hydrogen-bond acceptors (Lipinski definition) is 5. The van der Waals surface area contributed by atoms with Crippen molar-refractivity contribution in [2.75, 3.05) is 34.5 Å². The number of carbonyl (C=O) groups is 1. The first-order valence-corrected chi connectivity index (χ1v) is 10.5. The van der Waals surface area contributed by atoms with E-state index in [9.17, 15) is 4.79 Å². The molecule has 0 atom stereocenters. The van der Waals surface area contributed by atoms with E-state index in [-0.39, 0.29) is 5.91 Å². The van der Waals surface area contributed by atoms with Gasteiger partial charge >= 0.3 is 0 Å². The largest absolute Gasteiger partial charge is 0.493 e. The van der Waals surface area contributed by atoms with Crippen LogP contribution >= 0.6 is 0 Å². The predicted molar refractivity (Wildman–Crippen MR) is 125 cm³/mol. The maximum absolute atomic E-state index is 12.3. The second-order valence-corrected chi connectivity index (χ2v) is 7.09. The molecule has 0 heterocycles. The lowest BCUT2D eigenvalue weighted by molar-refractivity contribution is -0.121. The first-order chi connectivity index (χ1) is 15.7. The van der Waals surface area contributed by atoms with E-state index in [2.05, 4.69) is 5.32 Å². The molecule has 32 heavy (non-hydrogen) atoms. The van der Waals surface area contributed by atoms with E-state index in [0.717, 1.165) is 22.4 Å². The smallest absolute Gasteiger partial charge is 0.220 e. The molecule has 0 aliphatic heterocycles. The van der Waals surface area contributed by atoms with E-state index >= 15 is 0 Å². The lowest BCUT2D eigenvalue weighted by atomic mass is 10.1. The van der Waals surface area contributed by atoms with E-state index in [1.54, 1.807) is 21.3 Å². The summed E-state index contributed by atoms with van der Waals surface area (Å²) in [5.41, 5.74) is 3.06. The minimum Gasteiger partial charge on any atom is -0.493 e. The summed E-state index contributed by atoms with van der Waals surface area (Å²) in [4.78, 5) is 12.3. The van der Waals surface area contributed by atoms with Crippen molar-refractivity contribution < 1.29 is 23.7 Å². The Hall–Kier alpha value is -3.67. The van der Waals surface area contributed by atoms with Gasteiger partial charge in [-0.2, -0.15) is 0 Å². The molecule has 6 nitrogen and oxygen atoms in total. The fourth-order valence-electron chi connectivity index (χ4n) is 3.43. The van der Waals surface area contributed by atoms with Crippen LogP contribution in [0.25, 0.3) is 11.1 Å². The van der Waals surface area contributed by atoms with Crippen molar-refractivity contribution in [3.8, 4) is 34.1 Å². The summed E-state index contributed by atoms with van der Waals surface area (Å²) in [6.07, 6.45) is 0.902. The summed E-state index contributed by atoms with van der Waals surface area (Å²) in [5, 5.41) is 2.91. The predicted octanol–water partition coefficient (Wildman–Crippen LogP) is 4.51. The van der Waals surface area contributed by atoms with Gasteiger partial charge in [-0.15, -0.1) is 0 Å². The van der Waals surface area contributed by atoms with Gasteiger partial charge in [0.25, 0.3) is 0 Å². The Morgan fingerprint density at radius 1 is 0.812 bits per heavy atom. The molecule has 168 valence electrons. The average molecular weight is 436 g/mol. The number of benzene rings is 3. The number of amides is 1. The number of nitrogens with one attached hydrogen (secondary N) is 1. The zero-order valence-corrected chi connectivity index (χ0v) is 18.7. The van der Waals surface area contributed by atoms with Gasteiger partial charge in [0.15, 0.2) is 11.5 Å². The Morgan fingerprint density at radius 2 is 1.47 bits per heavy atom. The Labute approximate surface area is 189 Å². The quantitative estimate of drug-likeness (QED) is 0.449. The van der Waals surface area contributed by atoms with Gasteiger partial charge < -0.3 is 24.3 Å². The number of ether oxygens (including phenoxy) is 4. The lowest BCUT2D eigenvalue weighted by Gasteiger charge is -2.14. The number of para-hydroxylation sites is 1. The first-order valence-electron chi connectivity index (χ1n) is 10.5. The fourth-order valence-corrected chi connectivity index (χ4v) is 3.43. The Morgan fingerprint density at radius 3 is 2.12 bits per heavy atom. The molecule has 1 N–H and O–H groups in total. The van der Waals surface area contributed by atoms with E-state index in [1.165, 1.54) is 0 Å². The molecule has 0 fully saturated rings. The summed E-state index contributed by atoms with van der Waals surface area (Å²) >= 11 is 0. The van der Waals surface area contributed by atoms with Gasteiger partial charge in [0, 0.05) is 12.0 Å². The number of aryl methyl sites for hydroxylation is 1. The zero-order valence-electron chi connectivity index (χ0n) is 18.7. The molecule has 0 unspecified atom stereocenters. The summed E-state index contributed by atoms with van der Waals surface area (Å²) in [5.74, 6) is 2.45. The molecule has 1 amide bonds. The highest BCUT2D eigenvalue weighted by molar-refractivity contribution is 5.76. The van der Waals surface area contributed by atoms with Crippen molar-refractivity contribution >= 4 is 5.91 Å². The third-order valence-electron chi connectivity index (χ3n) is 5.02. The second-order valence-electron chi connectivity index (χ2n) is 7.09. The molecule has 0 radical (unpaired) electrons. The third kappa shape index (κ3) is 5.94. The third-order valence-corrected chi connectivity index (χ3v) is 5.02. The summed E-state index contributed by atoms with van der Waals surface area (Å²) in [7, 11) is 4.71. The number of hydrogen-bond donors (Lipinski definition) is 1. The monoisotopic (exact) mass is 435 g/mol. The molecule has 0 saturated heterocycles. The number of methoxy groups -OCH3 is 3. The standard InChI is InChI=1S/C26H29NO5/c1-29-23-17-19(18-24(30-2)26(23)31-3)13-14-25(28)27-15-16-32-22-12-8-7-11-21(22)20-9-5-4-6-10-20/h4-12,17-18H,13-16H2,1-3H3,(H,27,28). The summed E-state index contributed by atoms with van der Waals surface area (Å²) in [6.45, 7) is 0.816. The summed E-state index contributed by atoms with van der Waals surface area (Å²) < 4.78 is 22.0. The topological polar surface area (TPSA) is 66.0 Å². The Bertz CT molecular complexity index is 995. The van der Waals surface area contributed by atoms with Crippen molar-refractivity contribution in [1.82, 2.24) is 5.32 Å². The van der Waals surface area contributed by atoms with Crippen molar-refractivity contribution in [3.63, 3.8) is 0 Å². The van der Waals surface area contributed by atoms with Crippen LogP contribution in [0, 0.1) is 0 Å². The van der Waals surface area contributed by atoms with Crippen molar-refractivity contribution in [2.45, 2.75) is 12.8 Å². The minimum atomic E-state index is -0.0429. The van der Waals surface area contributed by atoms with Gasteiger partial charge in [0.05, 0.1) is 27.9 Å². The molecule has 0 saturated carbocycles.